The highest BCUT2D eigenvalue weighted by Gasteiger charge is 2.30. The van der Waals surface area contributed by atoms with Gasteiger partial charge in [-0.05, 0) is 32.6 Å². The summed E-state index contributed by atoms with van der Waals surface area (Å²) in [6, 6.07) is 0.262. The summed E-state index contributed by atoms with van der Waals surface area (Å²) in [5.41, 5.74) is 0. The van der Waals surface area contributed by atoms with Gasteiger partial charge in [-0.1, -0.05) is 19.8 Å². The molecular weight excluding hydrogens is 258 g/mol. The Morgan fingerprint density at radius 1 is 1.00 bits per heavy atom. The molecule has 20 heavy (non-hydrogen) atoms. The van der Waals surface area contributed by atoms with Gasteiger partial charge in [0.05, 0.1) is 26.3 Å². The molecule has 0 N–H and O–H groups in total. The van der Waals surface area contributed by atoms with Gasteiger partial charge in [-0.15, -0.1) is 0 Å². The lowest BCUT2D eigenvalue weighted by Crippen LogP contribution is -2.47. The molecule has 1 rings (SSSR count). The molecule has 0 aliphatic heterocycles. The van der Waals surface area contributed by atoms with Crippen LogP contribution in [0.5, 0.6) is 0 Å². The van der Waals surface area contributed by atoms with E-state index in [0.717, 1.165) is 19.3 Å². The number of ether oxygens (including phenoxy) is 2. The van der Waals surface area contributed by atoms with E-state index < -0.39 is 0 Å². The second-order valence-corrected chi connectivity index (χ2v) is 5.34. The summed E-state index contributed by atoms with van der Waals surface area (Å²) in [5, 5.41) is 0. The van der Waals surface area contributed by atoms with E-state index in [2.05, 4.69) is 6.92 Å². The molecule has 0 radical (unpaired) electrons. The Kier molecular flexibility index (Phi) is 7.59. The molecule has 116 valence electrons. The first-order valence-corrected chi connectivity index (χ1v) is 7.63. The number of rotatable bonds is 7. The third-order valence-corrected chi connectivity index (χ3v) is 3.81. The van der Waals surface area contributed by atoms with Gasteiger partial charge < -0.3 is 9.47 Å². The number of esters is 2. The van der Waals surface area contributed by atoms with Crippen LogP contribution in [0.1, 0.15) is 46.5 Å². The summed E-state index contributed by atoms with van der Waals surface area (Å²) in [7, 11) is 0. The molecule has 0 bridgehead atoms. The SMILES string of the molecule is CCOC(=O)CN(CC(=O)OCC)C1CCCCC1C. The zero-order chi connectivity index (χ0) is 15.0. The predicted molar refractivity (Wildman–Crippen MR) is 76.3 cm³/mol. The van der Waals surface area contributed by atoms with Crippen LogP contribution < -0.4 is 0 Å². The second-order valence-electron chi connectivity index (χ2n) is 5.34. The van der Waals surface area contributed by atoms with Crippen LogP contribution in [-0.2, 0) is 19.1 Å². The Balaban J connectivity index is 2.66. The Bertz CT molecular complexity index is 299. The van der Waals surface area contributed by atoms with E-state index >= 15 is 0 Å². The number of hydrogen-bond acceptors (Lipinski definition) is 5. The Labute approximate surface area is 121 Å². The zero-order valence-electron chi connectivity index (χ0n) is 12.9. The largest absolute Gasteiger partial charge is 0.465 e. The summed E-state index contributed by atoms with van der Waals surface area (Å²) in [6.45, 7) is 6.84. The summed E-state index contributed by atoms with van der Waals surface area (Å²) >= 11 is 0. The minimum absolute atomic E-state index is 0.168. The summed E-state index contributed by atoms with van der Waals surface area (Å²) < 4.78 is 10.0. The molecule has 0 amide bonds. The standard InChI is InChI=1S/C15H27NO4/c1-4-19-14(17)10-16(11-15(18)20-5-2)13-9-7-6-8-12(13)3/h12-13H,4-11H2,1-3H3. The average Bonchev–Trinajstić information content (AvgIpc) is 2.39. The van der Waals surface area contributed by atoms with Gasteiger partial charge in [0.15, 0.2) is 0 Å². The second kappa shape index (κ2) is 8.95. The van der Waals surface area contributed by atoms with Crippen molar-refractivity contribution < 1.29 is 19.1 Å². The first-order valence-electron chi connectivity index (χ1n) is 7.63. The molecule has 0 aromatic carbocycles. The molecule has 0 saturated heterocycles. The molecule has 2 atom stereocenters. The van der Waals surface area contributed by atoms with E-state index in [0.29, 0.717) is 19.1 Å². The summed E-state index contributed by atoms with van der Waals surface area (Å²) in [4.78, 5) is 25.4. The van der Waals surface area contributed by atoms with Gasteiger partial charge in [-0.3, -0.25) is 14.5 Å². The fraction of sp³-hybridized carbons (Fsp3) is 0.867. The lowest BCUT2D eigenvalue weighted by atomic mass is 9.85. The van der Waals surface area contributed by atoms with Gasteiger partial charge in [-0.25, -0.2) is 0 Å². The molecular formula is C15H27NO4. The molecule has 0 heterocycles. The van der Waals surface area contributed by atoms with Crippen LogP contribution in [-0.4, -0.2) is 49.2 Å². The third-order valence-electron chi connectivity index (χ3n) is 3.81. The van der Waals surface area contributed by atoms with Gasteiger partial charge in [0, 0.05) is 6.04 Å². The van der Waals surface area contributed by atoms with Crippen molar-refractivity contribution in [2.75, 3.05) is 26.3 Å². The molecule has 1 saturated carbocycles. The molecule has 1 aliphatic rings. The molecule has 1 aliphatic carbocycles. The molecule has 2 unspecified atom stereocenters. The van der Waals surface area contributed by atoms with Crippen molar-refractivity contribution in [3.8, 4) is 0 Å². The van der Waals surface area contributed by atoms with Crippen molar-refractivity contribution in [2.45, 2.75) is 52.5 Å². The predicted octanol–water partition coefficient (Wildman–Crippen LogP) is 1.99. The van der Waals surface area contributed by atoms with Gasteiger partial charge in [0.2, 0.25) is 0 Å². The topological polar surface area (TPSA) is 55.8 Å². The van der Waals surface area contributed by atoms with E-state index in [4.69, 9.17) is 9.47 Å². The maximum absolute atomic E-state index is 11.7. The number of nitrogens with zero attached hydrogens (tertiary/aromatic N) is 1. The first-order chi connectivity index (χ1) is 9.58. The quantitative estimate of drug-likeness (QED) is 0.670. The first kappa shape index (κ1) is 17.0. The van der Waals surface area contributed by atoms with Crippen LogP contribution in [0.4, 0.5) is 0 Å². The van der Waals surface area contributed by atoms with Crippen molar-refractivity contribution in [3.63, 3.8) is 0 Å². The van der Waals surface area contributed by atoms with Gasteiger partial charge in [-0.2, -0.15) is 0 Å². The highest BCUT2D eigenvalue weighted by Crippen LogP contribution is 2.28. The van der Waals surface area contributed by atoms with E-state index in [1.54, 1.807) is 13.8 Å². The fourth-order valence-corrected chi connectivity index (χ4v) is 2.87. The molecule has 0 aromatic heterocycles. The zero-order valence-corrected chi connectivity index (χ0v) is 12.9. The van der Waals surface area contributed by atoms with Gasteiger partial charge in [0.1, 0.15) is 0 Å². The van der Waals surface area contributed by atoms with E-state index in [1.807, 2.05) is 4.90 Å². The van der Waals surface area contributed by atoms with Crippen LogP contribution in [0.3, 0.4) is 0 Å². The minimum Gasteiger partial charge on any atom is -0.465 e. The van der Waals surface area contributed by atoms with E-state index in [1.165, 1.54) is 6.42 Å². The summed E-state index contributed by atoms with van der Waals surface area (Å²) in [6.07, 6.45) is 4.55. The van der Waals surface area contributed by atoms with Crippen molar-refractivity contribution >= 4 is 11.9 Å². The minimum atomic E-state index is -0.269. The van der Waals surface area contributed by atoms with Gasteiger partial charge in [0.25, 0.3) is 0 Å². The molecule has 1 fully saturated rings. The smallest absolute Gasteiger partial charge is 0.320 e. The maximum Gasteiger partial charge on any atom is 0.320 e. The number of hydrogen-bond donors (Lipinski definition) is 0. The van der Waals surface area contributed by atoms with Crippen molar-refractivity contribution in [1.82, 2.24) is 4.90 Å². The lowest BCUT2D eigenvalue weighted by molar-refractivity contribution is -0.150. The van der Waals surface area contributed by atoms with Crippen molar-refractivity contribution in [3.05, 3.63) is 0 Å². The maximum atomic E-state index is 11.7. The highest BCUT2D eigenvalue weighted by molar-refractivity contribution is 5.75. The molecule has 0 spiro atoms. The van der Waals surface area contributed by atoms with Crippen molar-refractivity contribution in [2.24, 2.45) is 5.92 Å². The molecule has 5 heteroatoms. The van der Waals surface area contributed by atoms with E-state index in [9.17, 15) is 9.59 Å². The highest BCUT2D eigenvalue weighted by atomic mass is 16.5. The number of carbonyl (C=O) groups is 2. The van der Waals surface area contributed by atoms with Gasteiger partial charge >= 0.3 is 11.9 Å². The Morgan fingerprint density at radius 3 is 1.95 bits per heavy atom. The normalized spacial score (nSPS) is 22.6. The number of carbonyl (C=O) groups excluding carboxylic acids is 2. The third kappa shape index (κ3) is 5.49. The fourth-order valence-electron chi connectivity index (χ4n) is 2.87. The monoisotopic (exact) mass is 285 g/mol. The lowest BCUT2D eigenvalue weighted by Gasteiger charge is -2.37. The Morgan fingerprint density at radius 2 is 1.50 bits per heavy atom. The van der Waals surface area contributed by atoms with Crippen LogP contribution in [0.2, 0.25) is 0 Å². The van der Waals surface area contributed by atoms with Crippen LogP contribution in [0.25, 0.3) is 0 Å². The Hall–Kier alpha value is -1.10. The molecule has 0 aromatic rings. The van der Waals surface area contributed by atoms with Crippen LogP contribution >= 0.6 is 0 Å². The van der Waals surface area contributed by atoms with Crippen LogP contribution in [0.15, 0.2) is 0 Å². The van der Waals surface area contributed by atoms with E-state index in [-0.39, 0.29) is 31.1 Å². The van der Waals surface area contributed by atoms with Crippen LogP contribution in [0, 0.1) is 5.92 Å². The summed E-state index contributed by atoms with van der Waals surface area (Å²) in [5.74, 6) is -0.0447. The van der Waals surface area contributed by atoms with Crippen molar-refractivity contribution in [1.29, 1.82) is 0 Å². The molecule has 5 nitrogen and oxygen atoms in total. The average molecular weight is 285 g/mol.